The van der Waals surface area contributed by atoms with Crippen molar-refractivity contribution in [2.75, 3.05) is 13.2 Å². The number of aliphatic hydroxyl groups excluding tert-OH is 1. The summed E-state index contributed by atoms with van der Waals surface area (Å²) in [6, 6.07) is 11.3. The van der Waals surface area contributed by atoms with Crippen LogP contribution in [-0.2, 0) is 4.74 Å². The summed E-state index contributed by atoms with van der Waals surface area (Å²) < 4.78 is 5.09. The van der Waals surface area contributed by atoms with E-state index in [1.165, 1.54) is 0 Å². The fraction of sp³-hybridized carbons (Fsp3) is 0.312. The van der Waals surface area contributed by atoms with Crippen LogP contribution >= 0.6 is 0 Å². The average molecular weight is 270 g/mol. The van der Waals surface area contributed by atoms with E-state index in [1.807, 2.05) is 42.5 Å². The van der Waals surface area contributed by atoms with E-state index in [1.54, 1.807) is 6.26 Å². The maximum atomic E-state index is 9.51. The molecule has 1 aromatic rings. The Hall–Kier alpha value is -2.09. The molecule has 2 rings (SSSR count). The summed E-state index contributed by atoms with van der Waals surface area (Å²) in [5.41, 5.74) is 2.05. The Balaban J connectivity index is 1.99. The number of allylic oxidation sites excluding steroid dienone is 1. The first-order valence-electron chi connectivity index (χ1n) is 6.62. The zero-order chi connectivity index (χ0) is 14.2. The van der Waals surface area contributed by atoms with Crippen LogP contribution in [0, 0.1) is 11.3 Å². The Morgan fingerprint density at radius 2 is 2.15 bits per heavy atom. The molecule has 0 unspecified atom stereocenters. The molecule has 4 nitrogen and oxygen atoms in total. The lowest BCUT2D eigenvalue weighted by atomic mass is 10.0. The van der Waals surface area contributed by atoms with E-state index in [0.717, 1.165) is 11.1 Å². The molecule has 1 aliphatic rings. The van der Waals surface area contributed by atoms with Crippen LogP contribution in [0.15, 0.2) is 54.3 Å². The lowest BCUT2D eigenvalue weighted by Gasteiger charge is -2.21. The normalized spacial score (nSPS) is 16.7. The Labute approximate surface area is 119 Å². The molecule has 2 atom stereocenters. The second kappa shape index (κ2) is 7.49. The molecule has 4 heteroatoms. The van der Waals surface area contributed by atoms with Gasteiger partial charge in [-0.2, -0.15) is 5.26 Å². The maximum absolute atomic E-state index is 9.51. The number of nitriles is 1. The summed E-state index contributed by atoms with van der Waals surface area (Å²) in [6.07, 6.45) is 6.07. The van der Waals surface area contributed by atoms with Gasteiger partial charge in [0.25, 0.3) is 0 Å². The van der Waals surface area contributed by atoms with E-state index in [2.05, 4.69) is 11.4 Å². The van der Waals surface area contributed by atoms with Gasteiger partial charge < -0.3 is 9.84 Å². The predicted octanol–water partition coefficient (Wildman–Crippen LogP) is 2.06. The molecule has 0 aliphatic carbocycles. The summed E-state index contributed by atoms with van der Waals surface area (Å²) in [5, 5.41) is 22.0. The highest BCUT2D eigenvalue weighted by molar-refractivity contribution is 5.24. The number of nitrogens with one attached hydrogen (secondary N) is 1. The fourth-order valence-electron chi connectivity index (χ4n) is 2.13. The van der Waals surface area contributed by atoms with Gasteiger partial charge in [-0.05, 0) is 23.3 Å². The highest BCUT2D eigenvalue weighted by Gasteiger charge is 2.17. The van der Waals surface area contributed by atoms with Crippen LogP contribution in [0.1, 0.15) is 18.0 Å². The second-order valence-corrected chi connectivity index (χ2v) is 4.61. The molecule has 1 aromatic carbocycles. The molecule has 20 heavy (non-hydrogen) atoms. The van der Waals surface area contributed by atoms with Gasteiger partial charge in [0.1, 0.15) is 6.61 Å². The van der Waals surface area contributed by atoms with Gasteiger partial charge in [0, 0.05) is 6.42 Å². The minimum Gasteiger partial charge on any atom is -0.497 e. The van der Waals surface area contributed by atoms with E-state index in [9.17, 15) is 10.4 Å². The first-order chi connectivity index (χ1) is 9.83. The van der Waals surface area contributed by atoms with Crippen LogP contribution in [0.2, 0.25) is 0 Å². The van der Waals surface area contributed by atoms with E-state index in [0.29, 0.717) is 13.0 Å². The van der Waals surface area contributed by atoms with Gasteiger partial charge in [0.2, 0.25) is 0 Å². The van der Waals surface area contributed by atoms with Crippen molar-refractivity contribution in [3.63, 3.8) is 0 Å². The zero-order valence-corrected chi connectivity index (χ0v) is 11.2. The smallest absolute Gasteiger partial charge is 0.106 e. The fourth-order valence-corrected chi connectivity index (χ4v) is 2.13. The van der Waals surface area contributed by atoms with Gasteiger partial charge >= 0.3 is 0 Å². The molecule has 0 amide bonds. The molecule has 1 heterocycles. The average Bonchev–Trinajstić information content (AvgIpc) is 2.53. The molecule has 0 saturated carbocycles. The van der Waals surface area contributed by atoms with E-state index < -0.39 is 0 Å². The van der Waals surface area contributed by atoms with Gasteiger partial charge in [0.15, 0.2) is 0 Å². The third-order valence-corrected chi connectivity index (χ3v) is 3.20. The third-order valence-electron chi connectivity index (χ3n) is 3.20. The minimum absolute atomic E-state index is 0.0415. The third kappa shape index (κ3) is 3.95. The van der Waals surface area contributed by atoms with Crippen molar-refractivity contribution in [1.82, 2.24) is 5.32 Å². The summed E-state index contributed by atoms with van der Waals surface area (Å²) in [7, 11) is 0. The van der Waals surface area contributed by atoms with Crippen molar-refractivity contribution in [1.29, 1.82) is 5.26 Å². The summed E-state index contributed by atoms with van der Waals surface area (Å²) in [4.78, 5) is 0. The molecule has 0 fully saturated rings. The molecule has 1 aliphatic heterocycles. The van der Waals surface area contributed by atoms with Crippen LogP contribution in [0.5, 0.6) is 0 Å². The molecule has 0 saturated heterocycles. The number of rotatable bonds is 6. The van der Waals surface area contributed by atoms with Crippen molar-refractivity contribution >= 4 is 0 Å². The van der Waals surface area contributed by atoms with E-state index in [-0.39, 0.29) is 18.7 Å². The maximum Gasteiger partial charge on any atom is 0.106 e. The largest absolute Gasteiger partial charge is 0.497 e. The lowest BCUT2D eigenvalue weighted by molar-refractivity contribution is 0.238. The van der Waals surface area contributed by atoms with Crippen LogP contribution in [0.4, 0.5) is 0 Å². The van der Waals surface area contributed by atoms with Crippen LogP contribution in [0.3, 0.4) is 0 Å². The number of hydrogen-bond donors (Lipinski definition) is 2. The highest BCUT2D eigenvalue weighted by atomic mass is 16.5. The summed E-state index contributed by atoms with van der Waals surface area (Å²) >= 11 is 0. The van der Waals surface area contributed by atoms with Crippen molar-refractivity contribution in [3.05, 3.63) is 59.9 Å². The lowest BCUT2D eigenvalue weighted by Crippen LogP contribution is -2.34. The Morgan fingerprint density at radius 1 is 1.35 bits per heavy atom. The molecule has 0 radical (unpaired) electrons. The van der Waals surface area contributed by atoms with Crippen molar-refractivity contribution in [3.8, 4) is 6.07 Å². The molecule has 0 aromatic heterocycles. The van der Waals surface area contributed by atoms with Crippen LogP contribution < -0.4 is 5.32 Å². The second-order valence-electron chi connectivity index (χ2n) is 4.61. The van der Waals surface area contributed by atoms with Gasteiger partial charge in [-0.15, -0.1) is 0 Å². The number of hydrogen-bond acceptors (Lipinski definition) is 4. The number of benzene rings is 1. The van der Waals surface area contributed by atoms with E-state index in [4.69, 9.17) is 4.74 Å². The monoisotopic (exact) mass is 270 g/mol. The van der Waals surface area contributed by atoms with Gasteiger partial charge in [-0.1, -0.05) is 30.3 Å². The predicted molar refractivity (Wildman–Crippen MR) is 76.6 cm³/mol. The Morgan fingerprint density at radius 3 is 2.75 bits per heavy atom. The van der Waals surface area contributed by atoms with Crippen LogP contribution in [-0.4, -0.2) is 24.4 Å². The SMILES string of the molecule is N#C[C@H](CC1=CCOC=C1)N[C@H](CO)c1ccccc1. The molecule has 0 spiro atoms. The standard InChI is InChI=1S/C16H18N2O2/c17-11-15(10-13-6-8-20-9-7-13)18-16(12-19)14-4-2-1-3-5-14/h1-8,15-16,18-19H,9-10,12H2/t15-,16+/m0/s1. The molecular formula is C16H18N2O2. The number of nitrogens with zero attached hydrogens (tertiary/aromatic N) is 1. The number of ether oxygens (including phenoxy) is 1. The Kier molecular flexibility index (Phi) is 5.36. The zero-order valence-electron chi connectivity index (χ0n) is 11.2. The summed E-state index contributed by atoms with van der Waals surface area (Å²) in [5.74, 6) is 0. The molecule has 0 bridgehead atoms. The van der Waals surface area contributed by atoms with Crippen molar-refractivity contribution in [2.45, 2.75) is 18.5 Å². The first-order valence-corrected chi connectivity index (χ1v) is 6.62. The molecule has 2 N–H and O–H groups in total. The van der Waals surface area contributed by atoms with Gasteiger partial charge in [0.05, 0.1) is 31.0 Å². The molecular weight excluding hydrogens is 252 g/mol. The first kappa shape index (κ1) is 14.3. The van der Waals surface area contributed by atoms with Gasteiger partial charge in [-0.25, -0.2) is 0 Å². The van der Waals surface area contributed by atoms with Gasteiger partial charge in [-0.3, -0.25) is 5.32 Å². The minimum atomic E-state index is -0.346. The number of aliphatic hydroxyl groups is 1. The van der Waals surface area contributed by atoms with Crippen LogP contribution in [0.25, 0.3) is 0 Å². The highest BCUT2D eigenvalue weighted by Crippen LogP contribution is 2.16. The Bertz CT molecular complexity index is 517. The van der Waals surface area contributed by atoms with E-state index >= 15 is 0 Å². The summed E-state index contributed by atoms with van der Waals surface area (Å²) in [6.45, 7) is 0.506. The topological polar surface area (TPSA) is 65.3 Å². The van der Waals surface area contributed by atoms with Crippen molar-refractivity contribution in [2.24, 2.45) is 0 Å². The molecule has 104 valence electrons. The van der Waals surface area contributed by atoms with Crippen molar-refractivity contribution < 1.29 is 9.84 Å². The quantitative estimate of drug-likeness (QED) is 0.830.